The molecule has 6 heteroatoms. The number of morpholine rings is 1. The molecule has 0 unspecified atom stereocenters. The van der Waals surface area contributed by atoms with Crippen molar-refractivity contribution >= 4 is 18.4 Å². The number of ether oxygens (including phenoxy) is 1. The minimum Gasteiger partial charge on any atom is -0.371 e. The van der Waals surface area contributed by atoms with Crippen molar-refractivity contribution in [2.75, 3.05) is 32.8 Å². The van der Waals surface area contributed by atoms with Gasteiger partial charge < -0.3 is 20.3 Å². The van der Waals surface area contributed by atoms with E-state index >= 15 is 0 Å². The van der Waals surface area contributed by atoms with Gasteiger partial charge in [0.15, 0.2) is 0 Å². The number of urea groups is 1. The molecule has 2 saturated heterocycles. The summed E-state index contributed by atoms with van der Waals surface area (Å²) in [6.07, 6.45) is 4.32. The van der Waals surface area contributed by atoms with Crippen LogP contribution in [0.1, 0.15) is 25.7 Å². The van der Waals surface area contributed by atoms with Crippen molar-refractivity contribution in [2.45, 2.75) is 37.3 Å². The van der Waals surface area contributed by atoms with E-state index in [0.717, 1.165) is 51.9 Å². The largest absolute Gasteiger partial charge is 0.371 e. The van der Waals surface area contributed by atoms with Crippen molar-refractivity contribution in [3.8, 4) is 0 Å². The third-order valence-electron chi connectivity index (χ3n) is 3.96. The Morgan fingerprint density at radius 1 is 1.33 bits per heavy atom. The molecule has 104 valence electrons. The molecule has 18 heavy (non-hydrogen) atoms. The van der Waals surface area contributed by atoms with E-state index in [-0.39, 0.29) is 24.0 Å². The van der Waals surface area contributed by atoms with E-state index in [1.165, 1.54) is 0 Å². The summed E-state index contributed by atoms with van der Waals surface area (Å²) in [4.78, 5) is 14.0. The fourth-order valence-corrected chi connectivity index (χ4v) is 2.70. The van der Waals surface area contributed by atoms with Crippen LogP contribution in [0.4, 0.5) is 4.79 Å². The third kappa shape index (κ3) is 3.08. The molecule has 2 N–H and O–H groups in total. The Bertz CT molecular complexity index is 298. The molecule has 3 rings (SSSR count). The number of carbonyl (C=O) groups excluding carboxylic acids is 1. The number of nitrogens with zero attached hydrogens (tertiary/aromatic N) is 1. The first-order chi connectivity index (χ1) is 8.27. The molecular formula is C12H22ClN3O2. The normalized spacial score (nSPS) is 26.6. The molecule has 2 amide bonds. The first-order valence-corrected chi connectivity index (χ1v) is 6.68. The number of carbonyl (C=O) groups is 1. The van der Waals surface area contributed by atoms with E-state index in [1.54, 1.807) is 0 Å². The van der Waals surface area contributed by atoms with Crippen molar-refractivity contribution in [3.63, 3.8) is 0 Å². The summed E-state index contributed by atoms with van der Waals surface area (Å²) < 4.78 is 5.95. The lowest BCUT2D eigenvalue weighted by Gasteiger charge is -2.45. The summed E-state index contributed by atoms with van der Waals surface area (Å²) in [5, 5.41) is 6.40. The van der Waals surface area contributed by atoms with Crippen LogP contribution in [0.15, 0.2) is 0 Å². The summed E-state index contributed by atoms with van der Waals surface area (Å²) in [5.41, 5.74) is -0.0790. The molecule has 1 spiro atoms. The van der Waals surface area contributed by atoms with Gasteiger partial charge in [-0.25, -0.2) is 4.79 Å². The second-order valence-corrected chi connectivity index (χ2v) is 5.43. The van der Waals surface area contributed by atoms with Gasteiger partial charge in [-0.2, -0.15) is 0 Å². The second kappa shape index (κ2) is 5.63. The molecule has 0 radical (unpaired) electrons. The van der Waals surface area contributed by atoms with Gasteiger partial charge in [0.05, 0.1) is 18.8 Å². The van der Waals surface area contributed by atoms with Gasteiger partial charge in [0.2, 0.25) is 0 Å². The van der Waals surface area contributed by atoms with Gasteiger partial charge in [-0.3, -0.25) is 0 Å². The maximum Gasteiger partial charge on any atom is 0.317 e. The maximum atomic E-state index is 12.0. The van der Waals surface area contributed by atoms with Crippen LogP contribution in [0.2, 0.25) is 0 Å². The number of halogens is 1. The highest BCUT2D eigenvalue weighted by Gasteiger charge is 2.39. The Morgan fingerprint density at radius 3 is 2.72 bits per heavy atom. The van der Waals surface area contributed by atoms with Crippen molar-refractivity contribution < 1.29 is 9.53 Å². The lowest BCUT2D eigenvalue weighted by atomic mass is 9.90. The average molecular weight is 276 g/mol. The highest BCUT2D eigenvalue weighted by atomic mass is 35.5. The Balaban J connectivity index is 0.00000120. The van der Waals surface area contributed by atoms with Crippen molar-refractivity contribution in [1.82, 2.24) is 15.5 Å². The summed E-state index contributed by atoms with van der Waals surface area (Å²) in [6.45, 7) is 4.16. The van der Waals surface area contributed by atoms with Crippen LogP contribution < -0.4 is 10.6 Å². The van der Waals surface area contributed by atoms with Crippen molar-refractivity contribution in [1.29, 1.82) is 0 Å². The van der Waals surface area contributed by atoms with E-state index in [1.807, 2.05) is 4.90 Å². The summed E-state index contributed by atoms with van der Waals surface area (Å²) in [6, 6.07) is 0.544. The molecule has 0 bridgehead atoms. The van der Waals surface area contributed by atoms with Crippen LogP contribution in [-0.2, 0) is 4.74 Å². The summed E-state index contributed by atoms with van der Waals surface area (Å²) in [5.74, 6) is 0. The zero-order valence-electron chi connectivity index (χ0n) is 10.6. The van der Waals surface area contributed by atoms with Gasteiger partial charge >= 0.3 is 6.03 Å². The van der Waals surface area contributed by atoms with Gasteiger partial charge in [0.25, 0.3) is 0 Å². The molecule has 3 fully saturated rings. The standard InChI is InChI=1S/C12H21N3O2.ClH/c16-11(14-10-1-2-10)15-7-8-17-12(9-15)3-5-13-6-4-12;/h10,13H,1-9H2,(H,14,16);1H. The number of piperidine rings is 1. The first kappa shape index (κ1) is 13.9. The lowest BCUT2D eigenvalue weighted by molar-refractivity contribution is -0.112. The molecule has 2 aliphatic heterocycles. The van der Waals surface area contributed by atoms with Crippen LogP contribution in [0.5, 0.6) is 0 Å². The Labute approximate surface area is 114 Å². The quantitative estimate of drug-likeness (QED) is 0.742. The second-order valence-electron chi connectivity index (χ2n) is 5.43. The van der Waals surface area contributed by atoms with Crippen LogP contribution in [0.3, 0.4) is 0 Å². The van der Waals surface area contributed by atoms with Gasteiger partial charge in [0.1, 0.15) is 0 Å². The molecular weight excluding hydrogens is 254 g/mol. The van der Waals surface area contributed by atoms with Crippen molar-refractivity contribution in [2.24, 2.45) is 0 Å². The minimum atomic E-state index is -0.0790. The molecule has 1 aliphatic carbocycles. The number of nitrogens with one attached hydrogen (secondary N) is 2. The molecule has 0 aromatic rings. The average Bonchev–Trinajstić information content (AvgIpc) is 3.14. The van der Waals surface area contributed by atoms with E-state index in [9.17, 15) is 4.79 Å². The fourth-order valence-electron chi connectivity index (χ4n) is 2.70. The highest BCUT2D eigenvalue weighted by molar-refractivity contribution is 5.85. The Morgan fingerprint density at radius 2 is 2.06 bits per heavy atom. The van der Waals surface area contributed by atoms with Gasteiger partial charge in [-0.1, -0.05) is 0 Å². The van der Waals surface area contributed by atoms with E-state index in [2.05, 4.69) is 10.6 Å². The molecule has 2 heterocycles. The molecule has 5 nitrogen and oxygen atoms in total. The highest BCUT2D eigenvalue weighted by Crippen LogP contribution is 2.28. The Hall–Kier alpha value is -0.520. The zero-order valence-corrected chi connectivity index (χ0v) is 11.4. The van der Waals surface area contributed by atoms with E-state index in [4.69, 9.17) is 4.74 Å². The molecule has 0 aromatic heterocycles. The number of amides is 2. The van der Waals surface area contributed by atoms with E-state index in [0.29, 0.717) is 12.6 Å². The summed E-state index contributed by atoms with van der Waals surface area (Å²) >= 11 is 0. The molecule has 1 saturated carbocycles. The maximum absolute atomic E-state index is 12.0. The molecule has 0 aromatic carbocycles. The Kier molecular flexibility index (Phi) is 4.35. The van der Waals surface area contributed by atoms with Gasteiger partial charge in [-0.15, -0.1) is 12.4 Å². The number of hydrogen-bond acceptors (Lipinski definition) is 3. The SMILES string of the molecule is Cl.O=C(NC1CC1)N1CCOC2(CCNCC2)C1. The van der Waals surface area contributed by atoms with Gasteiger partial charge in [-0.05, 0) is 38.8 Å². The predicted octanol–water partition coefficient (Wildman–Crippen LogP) is 0.735. The van der Waals surface area contributed by atoms with Crippen LogP contribution in [0, 0.1) is 0 Å². The third-order valence-corrected chi connectivity index (χ3v) is 3.96. The molecule has 3 aliphatic rings. The number of rotatable bonds is 1. The summed E-state index contributed by atoms with van der Waals surface area (Å²) in [7, 11) is 0. The van der Waals surface area contributed by atoms with Crippen molar-refractivity contribution in [3.05, 3.63) is 0 Å². The van der Waals surface area contributed by atoms with E-state index < -0.39 is 0 Å². The molecule has 0 atom stereocenters. The zero-order chi connectivity index (χ0) is 11.7. The van der Waals surface area contributed by atoms with Crippen LogP contribution in [0.25, 0.3) is 0 Å². The topological polar surface area (TPSA) is 53.6 Å². The monoisotopic (exact) mass is 275 g/mol. The predicted molar refractivity (Wildman–Crippen MR) is 71.2 cm³/mol. The lowest BCUT2D eigenvalue weighted by Crippen LogP contribution is -2.59. The van der Waals surface area contributed by atoms with Crippen LogP contribution >= 0.6 is 12.4 Å². The van der Waals surface area contributed by atoms with Gasteiger partial charge in [0, 0.05) is 12.6 Å². The smallest absolute Gasteiger partial charge is 0.317 e. The minimum absolute atomic E-state index is 0. The fraction of sp³-hybridized carbons (Fsp3) is 0.917. The number of hydrogen-bond donors (Lipinski definition) is 2. The van der Waals surface area contributed by atoms with Crippen LogP contribution in [-0.4, -0.2) is 55.4 Å². The first-order valence-electron chi connectivity index (χ1n) is 6.68.